The van der Waals surface area contributed by atoms with Gasteiger partial charge in [-0.2, -0.15) is 0 Å². The highest BCUT2D eigenvalue weighted by Gasteiger charge is 2.26. The second-order valence-electron chi connectivity index (χ2n) is 6.42. The molecule has 2 N–H and O–H groups in total. The molecule has 2 aromatic rings. The standard InChI is InChI=1S/C19H22ClN3O3S/c1-2-11-27(25,26)23-10-4-5-14-12-17(8-9-18(14)23)22-19(24)21-16-7-3-6-15(20)13-16/h3,6-9,12-13H,2,4-5,10-11H2,1H3,(H2,21,22,24). The quantitative estimate of drug-likeness (QED) is 0.767. The first-order valence-corrected chi connectivity index (χ1v) is 10.8. The lowest BCUT2D eigenvalue weighted by Gasteiger charge is -2.30. The monoisotopic (exact) mass is 407 g/mol. The number of carbonyl (C=O) groups is 1. The summed E-state index contributed by atoms with van der Waals surface area (Å²) in [7, 11) is -3.31. The Labute approximate surface area is 164 Å². The van der Waals surface area contributed by atoms with E-state index < -0.39 is 10.0 Å². The van der Waals surface area contributed by atoms with Crippen LogP contribution in [0.25, 0.3) is 0 Å². The van der Waals surface area contributed by atoms with Gasteiger partial charge in [-0.05, 0) is 61.2 Å². The number of urea groups is 1. The molecule has 2 aromatic carbocycles. The van der Waals surface area contributed by atoms with E-state index in [0.29, 0.717) is 35.1 Å². The maximum absolute atomic E-state index is 12.5. The van der Waals surface area contributed by atoms with Crippen LogP contribution in [-0.2, 0) is 16.4 Å². The lowest BCUT2D eigenvalue weighted by atomic mass is 10.0. The molecule has 0 bridgehead atoms. The van der Waals surface area contributed by atoms with Crippen LogP contribution in [0, 0.1) is 0 Å². The summed E-state index contributed by atoms with van der Waals surface area (Å²) in [5.74, 6) is 0.133. The first-order chi connectivity index (χ1) is 12.9. The molecule has 6 nitrogen and oxygen atoms in total. The molecular formula is C19H22ClN3O3S. The van der Waals surface area contributed by atoms with Crippen LogP contribution in [-0.4, -0.2) is 26.7 Å². The molecule has 0 fully saturated rings. The highest BCUT2D eigenvalue weighted by atomic mass is 35.5. The lowest BCUT2D eigenvalue weighted by molar-refractivity contribution is 0.262. The van der Waals surface area contributed by atoms with Crippen LogP contribution in [0.2, 0.25) is 5.02 Å². The third-order valence-electron chi connectivity index (χ3n) is 4.29. The fourth-order valence-corrected chi connectivity index (χ4v) is 4.97. The van der Waals surface area contributed by atoms with Crippen molar-refractivity contribution < 1.29 is 13.2 Å². The minimum Gasteiger partial charge on any atom is -0.308 e. The minimum absolute atomic E-state index is 0.133. The second-order valence-corrected chi connectivity index (χ2v) is 8.87. The Balaban J connectivity index is 1.75. The SMILES string of the molecule is CCCS(=O)(=O)N1CCCc2cc(NC(=O)Nc3cccc(Cl)c3)ccc21. The zero-order valence-corrected chi connectivity index (χ0v) is 16.6. The van der Waals surface area contributed by atoms with Crippen molar-refractivity contribution in [2.24, 2.45) is 0 Å². The van der Waals surface area contributed by atoms with Crippen LogP contribution in [0.3, 0.4) is 0 Å². The van der Waals surface area contributed by atoms with Crippen LogP contribution >= 0.6 is 11.6 Å². The van der Waals surface area contributed by atoms with Gasteiger partial charge in [-0.1, -0.05) is 24.6 Å². The van der Waals surface area contributed by atoms with Crippen LogP contribution < -0.4 is 14.9 Å². The topological polar surface area (TPSA) is 78.5 Å². The van der Waals surface area contributed by atoms with Crippen molar-refractivity contribution in [3.8, 4) is 0 Å². The molecule has 0 spiro atoms. The van der Waals surface area contributed by atoms with Crippen molar-refractivity contribution in [2.45, 2.75) is 26.2 Å². The van der Waals surface area contributed by atoms with Crippen molar-refractivity contribution in [1.29, 1.82) is 0 Å². The number of hydrogen-bond acceptors (Lipinski definition) is 3. The van der Waals surface area contributed by atoms with Crippen molar-refractivity contribution in [3.05, 3.63) is 53.1 Å². The van der Waals surface area contributed by atoms with E-state index >= 15 is 0 Å². The summed E-state index contributed by atoms with van der Waals surface area (Å²) in [4.78, 5) is 12.2. The summed E-state index contributed by atoms with van der Waals surface area (Å²) in [6.07, 6.45) is 2.12. The van der Waals surface area contributed by atoms with Gasteiger partial charge in [0, 0.05) is 22.9 Å². The van der Waals surface area contributed by atoms with Gasteiger partial charge >= 0.3 is 6.03 Å². The van der Waals surface area contributed by atoms with E-state index in [1.54, 1.807) is 36.4 Å². The maximum Gasteiger partial charge on any atom is 0.323 e. The van der Waals surface area contributed by atoms with Gasteiger partial charge in [-0.15, -0.1) is 0 Å². The Morgan fingerprint density at radius 1 is 1.15 bits per heavy atom. The largest absolute Gasteiger partial charge is 0.323 e. The molecule has 8 heteroatoms. The summed E-state index contributed by atoms with van der Waals surface area (Å²) in [6.45, 7) is 2.35. The summed E-state index contributed by atoms with van der Waals surface area (Å²) in [5, 5.41) is 6.03. The van der Waals surface area contributed by atoms with Gasteiger partial charge in [0.2, 0.25) is 10.0 Å². The first kappa shape index (κ1) is 19.5. The predicted octanol–water partition coefficient (Wildman–Crippen LogP) is 4.48. The summed E-state index contributed by atoms with van der Waals surface area (Å²) in [6, 6.07) is 11.8. The van der Waals surface area contributed by atoms with E-state index in [1.807, 2.05) is 13.0 Å². The Kier molecular flexibility index (Phi) is 5.92. The Hall–Kier alpha value is -2.25. The molecule has 1 heterocycles. The molecule has 0 atom stereocenters. The number of carbonyl (C=O) groups excluding carboxylic acids is 1. The van der Waals surface area contributed by atoms with Crippen molar-refractivity contribution in [2.75, 3.05) is 27.2 Å². The van der Waals surface area contributed by atoms with E-state index in [0.717, 1.165) is 18.4 Å². The van der Waals surface area contributed by atoms with Gasteiger partial charge in [0.25, 0.3) is 0 Å². The number of aryl methyl sites for hydroxylation is 1. The molecule has 3 rings (SSSR count). The highest BCUT2D eigenvalue weighted by molar-refractivity contribution is 7.92. The van der Waals surface area contributed by atoms with Gasteiger partial charge in [-0.25, -0.2) is 13.2 Å². The van der Waals surface area contributed by atoms with Crippen LogP contribution in [0.5, 0.6) is 0 Å². The molecular weight excluding hydrogens is 386 g/mol. The number of nitrogens with zero attached hydrogens (tertiary/aromatic N) is 1. The van der Waals surface area contributed by atoms with E-state index in [2.05, 4.69) is 10.6 Å². The second kappa shape index (κ2) is 8.19. The molecule has 0 aromatic heterocycles. The molecule has 1 aliphatic rings. The van der Waals surface area contributed by atoms with E-state index in [-0.39, 0.29) is 11.8 Å². The number of hydrogen-bond donors (Lipinski definition) is 2. The molecule has 0 unspecified atom stereocenters. The molecule has 0 saturated heterocycles. The fourth-order valence-electron chi connectivity index (χ4n) is 3.16. The number of sulfonamides is 1. The van der Waals surface area contributed by atoms with Crippen molar-refractivity contribution in [1.82, 2.24) is 0 Å². The van der Waals surface area contributed by atoms with Gasteiger partial charge in [-0.3, -0.25) is 4.31 Å². The zero-order chi connectivity index (χ0) is 19.4. The van der Waals surface area contributed by atoms with Gasteiger partial charge in [0.15, 0.2) is 0 Å². The number of fused-ring (bicyclic) bond motifs is 1. The first-order valence-electron chi connectivity index (χ1n) is 8.86. The van der Waals surface area contributed by atoms with Gasteiger partial charge in [0.05, 0.1) is 11.4 Å². The van der Waals surface area contributed by atoms with Gasteiger partial charge < -0.3 is 10.6 Å². The van der Waals surface area contributed by atoms with Crippen LogP contribution in [0.4, 0.5) is 21.9 Å². The average Bonchev–Trinajstić information content (AvgIpc) is 2.61. The van der Waals surface area contributed by atoms with E-state index in [9.17, 15) is 13.2 Å². The maximum atomic E-state index is 12.5. The normalized spacial score (nSPS) is 13.8. The number of rotatable bonds is 5. The molecule has 1 aliphatic heterocycles. The van der Waals surface area contributed by atoms with Crippen molar-refractivity contribution in [3.63, 3.8) is 0 Å². The molecule has 144 valence electrons. The number of halogens is 1. The molecule has 0 saturated carbocycles. The predicted molar refractivity (Wildman–Crippen MR) is 110 cm³/mol. The lowest BCUT2D eigenvalue weighted by Crippen LogP contribution is -2.37. The van der Waals surface area contributed by atoms with Crippen LogP contribution in [0.1, 0.15) is 25.3 Å². The minimum atomic E-state index is -3.31. The van der Waals surface area contributed by atoms with E-state index in [1.165, 1.54) is 4.31 Å². The van der Waals surface area contributed by atoms with Crippen molar-refractivity contribution >= 4 is 44.7 Å². The third-order valence-corrected chi connectivity index (χ3v) is 6.50. The average molecular weight is 408 g/mol. The molecule has 0 radical (unpaired) electrons. The molecule has 2 amide bonds. The molecule has 27 heavy (non-hydrogen) atoms. The third kappa shape index (κ3) is 4.73. The number of nitrogens with one attached hydrogen (secondary N) is 2. The fraction of sp³-hybridized carbons (Fsp3) is 0.316. The number of amides is 2. The summed E-state index contributed by atoms with van der Waals surface area (Å²) >= 11 is 5.92. The number of benzene rings is 2. The zero-order valence-electron chi connectivity index (χ0n) is 15.0. The smallest absolute Gasteiger partial charge is 0.308 e. The van der Waals surface area contributed by atoms with E-state index in [4.69, 9.17) is 11.6 Å². The molecule has 0 aliphatic carbocycles. The van der Waals surface area contributed by atoms with Crippen LogP contribution in [0.15, 0.2) is 42.5 Å². The Morgan fingerprint density at radius 3 is 2.59 bits per heavy atom. The Bertz CT molecular complexity index is 947. The summed E-state index contributed by atoms with van der Waals surface area (Å²) in [5.41, 5.74) is 2.83. The highest BCUT2D eigenvalue weighted by Crippen LogP contribution is 2.32. The Morgan fingerprint density at radius 2 is 1.89 bits per heavy atom. The summed E-state index contributed by atoms with van der Waals surface area (Å²) < 4.78 is 26.4. The number of anilines is 3. The van der Waals surface area contributed by atoms with Gasteiger partial charge in [0.1, 0.15) is 0 Å².